The molecule has 1 N–H and O–H groups in total. The van der Waals surface area contributed by atoms with E-state index in [1.807, 2.05) is 4.90 Å². The third kappa shape index (κ3) is 3.85. The molecule has 1 saturated heterocycles. The molecule has 6 nitrogen and oxygen atoms in total. The van der Waals surface area contributed by atoms with Gasteiger partial charge >= 0.3 is 0 Å². The average Bonchev–Trinajstić information content (AvgIpc) is 3.09. The highest BCUT2D eigenvalue weighted by Gasteiger charge is 2.37. The molecule has 1 amide bonds. The SMILES string of the molecule is CC1(CCC(=O)N2CCC[C@@H](Cn3cc(CO)nn3)C2)CC1. The van der Waals surface area contributed by atoms with Gasteiger partial charge in [0.25, 0.3) is 0 Å². The first-order valence-corrected chi connectivity index (χ1v) is 8.36. The maximum absolute atomic E-state index is 12.4. The van der Waals surface area contributed by atoms with E-state index in [1.54, 1.807) is 10.9 Å². The minimum atomic E-state index is -0.0754. The second kappa shape index (κ2) is 6.36. The Balaban J connectivity index is 1.48. The predicted molar refractivity (Wildman–Crippen MR) is 81.8 cm³/mol. The zero-order valence-electron chi connectivity index (χ0n) is 13.4. The van der Waals surface area contributed by atoms with E-state index in [0.717, 1.165) is 38.9 Å². The molecule has 3 rings (SSSR count). The van der Waals surface area contributed by atoms with Crippen LogP contribution in [0.3, 0.4) is 0 Å². The van der Waals surface area contributed by atoms with Gasteiger partial charge in [0.1, 0.15) is 5.69 Å². The first-order chi connectivity index (χ1) is 10.6. The number of carbonyl (C=O) groups is 1. The zero-order valence-corrected chi connectivity index (χ0v) is 13.4. The van der Waals surface area contributed by atoms with Gasteiger partial charge in [-0.2, -0.15) is 0 Å². The van der Waals surface area contributed by atoms with E-state index in [4.69, 9.17) is 5.11 Å². The number of piperidine rings is 1. The quantitative estimate of drug-likeness (QED) is 0.866. The Morgan fingerprint density at radius 1 is 1.50 bits per heavy atom. The number of rotatable bonds is 6. The summed E-state index contributed by atoms with van der Waals surface area (Å²) >= 11 is 0. The van der Waals surface area contributed by atoms with Crippen LogP contribution in [0.2, 0.25) is 0 Å². The normalized spacial score (nSPS) is 23.5. The second-order valence-corrected chi connectivity index (χ2v) is 7.25. The lowest BCUT2D eigenvalue weighted by Crippen LogP contribution is -2.41. The van der Waals surface area contributed by atoms with Gasteiger partial charge in [-0.15, -0.1) is 5.10 Å². The van der Waals surface area contributed by atoms with Crippen molar-refractivity contribution in [1.29, 1.82) is 0 Å². The van der Waals surface area contributed by atoms with E-state index in [-0.39, 0.29) is 6.61 Å². The predicted octanol–water partition coefficient (Wildman–Crippen LogP) is 1.59. The number of aliphatic hydroxyl groups is 1. The standard InChI is InChI=1S/C16H26N4O2/c1-16(6-7-16)5-4-15(22)19-8-2-3-13(9-19)10-20-11-14(12-21)17-18-20/h11,13,21H,2-10,12H2,1H3/t13-/m1/s1. The van der Waals surface area contributed by atoms with Gasteiger partial charge in [-0.05, 0) is 43.4 Å². The minimum Gasteiger partial charge on any atom is -0.390 e. The Hall–Kier alpha value is -1.43. The van der Waals surface area contributed by atoms with Gasteiger partial charge in [0.05, 0.1) is 12.8 Å². The first-order valence-electron chi connectivity index (χ1n) is 8.36. The average molecular weight is 306 g/mol. The number of likely N-dealkylation sites (tertiary alicyclic amines) is 1. The van der Waals surface area contributed by atoms with Crippen LogP contribution < -0.4 is 0 Å². The lowest BCUT2D eigenvalue weighted by molar-refractivity contribution is -0.133. The zero-order chi connectivity index (χ0) is 15.6. The van der Waals surface area contributed by atoms with Gasteiger partial charge in [0, 0.05) is 26.1 Å². The molecule has 2 aliphatic rings. The Morgan fingerprint density at radius 2 is 2.32 bits per heavy atom. The first kappa shape index (κ1) is 15.5. The number of hydrogen-bond acceptors (Lipinski definition) is 4. The topological polar surface area (TPSA) is 71.2 Å². The lowest BCUT2D eigenvalue weighted by Gasteiger charge is -2.33. The maximum Gasteiger partial charge on any atom is 0.222 e. The fraction of sp³-hybridized carbons (Fsp3) is 0.812. The van der Waals surface area contributed by atoms with Gasteiger partial charge in [-0.25, -0.2) is 0 Å². The van der Waals surface area contributed by atoms with Crippen molar-refractivity contribution in [3.8, 4) is 0 Å². The lowest BCUT2D eigenvalue weighted by atomic mass is 9.96. The summed E-state index contributed by atoms with van der Waals surface area (Å²) in [6.45, 7) is 4.69. The van der Waals surface area contributed by atoms with E-state index in [2.05, 4.69) is 17.2 Å². The smallest absolute Gasteiger partial charge is 0.222 e. The summed E-state index contributed by atoms with van der Waals surface area (Å²) < 4.78 is 1.79. The van der Waals surface area contributed by atoms with Crippen LogP contribution in [0.1, 0.15) is 51.1 Å². The second-order valence-electron chi connectivity index (χ2n) is 7.25. The molecule has 6 heteroatoms. The Labute approximate surface area is 131 Å². The molecule has 22 heavy (non-hydrogen) atoms. The molecular weight excluding hydrogens is 280 g/mol. The van der Waals surface area contributed by atoms with Crippen LogP contribution in [0, 0.1) is 11.3 Å². The molecule has 122 valence electrons. The summed E-state index contributed by atoms with van der Waals surface area (Å²) in [5, 5.41) is 17.0. The van der Waals surface area contributed by atoms with E-state index in [0.29, 0.717) is 29.4 Å². The highest BCUT2D eigenvalue weighted by atomic mass is 16.3. The van der Waals surface area contributed by atoms with Gasteiger partial charge in [-0.1, -0.05) is 12.1 Å². The van der Waals surface area contributed by atoms with Gasteiger partial charge < -0.3 is 10.0 Å². The van der Waals surface area contributed by atoms with Gasteiger partial charge in [0.15, 0.2) is 0 Å². The summed E-state index contributed by atoms with van der Waals surface area (Å²) in [6.07, 6.45) is 8.27. The molecule has 0 bridgehead atoms. The van der Waals surface area contributed by atoms with Crippen molar-refractivity contribution in [3.05, 3.63) is 11.9 Å². The molecule has 1 aromatic heterocycles. The number of carbonyl (C=O) groups excluding carboxylic acids is 1. The Bertz CT molecular complexity index is 524. The molecule has 1 aliphatic carbocycles. The molecule has 0 spiro atoms. The van der Waals surface area contributed by atoms with E-state index >= 15 is 0 Å². The monoisotopic (exact) mass is 306 g/mol. The third-order valence-electron chi connectivity index (χ3n) is 5.11. The van der Waals surface area contributed by atoms with E-state index in [1.165, 1.54) is 12.8 Å². The van der Waals surface area contributed by atoms with E-state index < -0.39 is 0 Å². The van der Waals surface area contributed by atoms with Gasteiger partial charge in [-0.3, -0.25) is 9.48 Å². The van der Waals surface area contributed by atoms with Crippen molar-refractivity contribution in [3.63, 3.8) is 0 Å². The summed E-state index contributed by atoms with van der Waals surface area (Å²) in [6, 6.07) is 0. The van der Waals surface area contributed by atoms with Crippen LogP contribution in [-0.4, -0.2) is 44.0 Å². The molecule has 1 aliphatic heterocycles. The van der Waals surface area contributed by atoms with Crippen molar-refractivity contribution in [2.45, 2.75) is 58.6 Å². The Kier molecular flexibility index (Phi) is 4.47. The summed E-state index contributed by atoms with van der Waals surface area (Å²) in [4.78, 5) is 14.4. The summed E-state index contributed by atoms with van der Waals surface area (Å²) in [5.41, 5.74) is 1.05. The maximum atomic E-state index is 12.4. The van der Waals surface area contributed by atoms with Crippen LogP contribution in [0.4, 0.5) is 0 Å². The molecule has 1 atom stereocenters. The van der Waals surface area contributed by atoms with Crippen molar-refractivity contribution >= 4 is 5.91 Å². The Morgan fingerprint density at radius 3 is 3.00 bits per heavy atom. The van der Waals surface area contributed by atoms with Crippen molar-refractivity contribution < 1.29 is 9.90 Å². The highest BCUT2D eigenvalue weighted by molar-refractivity contribution is 5.76. The molecule has 0 radical (unpaired) electrons. The number of aromatic nitrogens is 3. The van der Waals surface area contributed by atoms with Crippen molar-refractivity contribution in [2.75, 3.05) is 13.1 Å². The van der Waals surface area contributed by atoms with Crippen LogP contribution >= 0.6 is 0 Å². The van der Waals surface area contributed by atoms with Crippen molar-refractivity contribution in [2.24, 2.45) is 11.3 Å². The van der Waals surface area contributed by atoms with Crippen molar-refractivity contribution in [1.82, 2.24) is 19.9 Å². The third-order valence-corrected chi connectivity index (χ3v) is 5.11. The number of nitrogens with zero attached hydrogens (tertiary/aromatic N) is 4. The van der Waals surface area contributed by atoms with Crippen LogP contribution in [0.15, 0.2) is 6.20 Å². The number of amides is 1. The molecular formula is C16H26N4O2. The highest BCUT2D eigenvalue weighted by Crippen LogP contribution is 2.48. The molecule has 2 heterocycles. The minimum absolute atomic E-state index is 0.0754. The van der Waals surface area contributed by atoms with Gasteiger partial charge in [0.2, 0.25) is 5.91 Å². The van der Waals surface area contributed by atoms with E-state index in [9.17, 15) is 4.79 Å². The fourth-order valence-corrected chi connectivity index (χ4v) is 3.24. The molecule has 0 aromatic carbocycles. The summed E-state index contributed by atoms with van der Waals surface area (Å²) in [5.74, 6) is 0.745. The largest absolute Gasteiger partial charge is 0.390 e. The number of aliphatic hydroxyl groups excluding tert-OH is 1. The molecule has 0 unspecified atom stereocenters. The van der Waals surface area contributed by atoms with Crippen LogP contribution in [0.25, 0.3) is 0 Å². The van der Waals surface area contributed by atoms with Crippen LogP contribution in [-0.2, 0) is 17.9 Å². The summed E-state index contributed by atoms with van der Waals surface area (Å²) in [7, 11) is 0. The molecule has 1 aromatic rings. The van der Waals surface area contributed by atoms with Crippen LogP contribution in [0.5, 0.6) is 0 Å². The molecule has 1 saturated carbocycles. The number of hydrogen-bond donors (Lipinski definition) is 1. The fourth-order valence-electron chi connectivity index (χ4n) is 3.24. The molecule has 2 fully saturated rings.